The summed E-state index contributed by atoms with van der Waals surface area (Å²) in [7, 11) is 0. The molecule has 0 fully saturated rings. The lowest BCUT2D eigenvalue weighted by molar-refractivity contribution is 0.568. The number of nitrogens with zero attached hydrogens (tertiary/aromatic N) is 10. The maximum atomic E-state index is 4.65. The van der Waals surface area contributed by atoms with Crippen LogP contribution in [0, 0.1) is 13.8 Å². The Balaban J connectivity index is 0.000000143. The van der Waals surface area contributed by atoms with Crippen molar-refractivity contribution in [3.8, 4) is 0 Å². The topological polar surface area (TPSA) is 136 Å². The predicted molar refractivity (Wildman–Crippen MR) is 412 cm³/mol. The van der Waals surface area contributed by atoms with Crippen LogP contribution in [0.5, 0.6) is 0 Å². The van der Waals surface area contributed by atoms with Gasteiger partial charge in [-0.1, -0.05) is 218 Å². The summed E-state index contributed by atoms with van der Waals surface area (Å²) in [6.45, 7) is 50.3. The molecule has 14 aromatic rings. The maximum absolute atomic E-state index is 4.65. The number of hydrogen-bond donors (Lipinski definition) is 1. The van der Waals surface area contributed by atoms with E-state index in [2.05, 4.69) is 310 Å². The van der Waals surface area contributed by atoms with Crippen molar-refractivity contribution >= 4 is 93.7 Å². The van der Waals surface area contributed by atoms with Crippen molar-refractivity contribution < 1.29 is 0 Å². The average Bonchev–Trinajstić information content (AvgIpc) is 1.24. The Bertz CT molecular complexity index is 4560. The monoisotopic (exact) mass is 1320 g/mol. The van der Waals surface area contributed by atoms with Crippen molar-refractivity contribution in [3.63, 3.8) is 0 Å². The van der Waals surface area contributed by atoms with Crippen molar-refractivity contribution in [1.82, 2.24) is 53.2 Å². The van der Waals surface area contributed by atoms with E-state index < -0.39 is 0 Å². The van der Waals surface area contributed by atoms with Gasteiger partial charge < -0.3 is 4.98 Å². The Morgan fingerprint density at radius 3 is 1.59 bits per heavy atom. The highest BCUT2D eigenvalue weighted by Crippen LogP contribution is 2.32. The normalized spacial score (nSPS) is 12.1. The maximum Gasteiger partial charge on any atom is 0.155 e. The highest BCUT2D eigenvalue weighted by Gasteiger charge is 2.22. The Morgan fingerprint density at radius 2 is 0.948 bits per heavy atom. The van der Waals surface area contributed by atoms with Gasteiger partial charge in [0, 0.05) is 62.3 Å². The summed E-state index contributed by atoms with van der Waals surface area (Å²) in [5.74, 6) is 0. The van der Waals surface area contributed by atoms with Crippen LogP contribution in [0.25, 0.3) is 70.6 Å². The third kappa shape index (κ3) is 19.5. The molecule has 13 heteroatoms. The second-order valence-corrected chi connectivity index (χ2v) is 33.3. The molecule has 8 heterocycles. The number of rotatable bonds is 0. The third-order valence-electron chi connectivity index (χ3n) is 16.4. The van der Waals surface area contributed by atoms with Gasteiger partial charge in [-0.3, -0.25) is 15.0 Å². The molecular weight excluding hydrogens is 1220 g/mol. The van der Waals surface area contributed by atoms with E-state index in [0.717, 1.165) is 66.9 Å². The van der Waals surface area contributed by atoms with Gasteiger partial charge in [-0.25, -0.2) is 19.5 Å². The smallest absolute Gasteiger partial charge is 0.155 e. The molecule has 6 aromatic carbocycles. The predicted octanol–water partition coefficient (Wildman–Crippen LogP) is 22.7. The highest BCUT2D eigenvalue weighted by atomic mass is 32.1. The summed E-state index contributed by atoms with van der Waals surface area (Å²) in [6, 6.07) is 54.5. The SMILES string of the molecule is CC(C)(C)c1ccc2ccccc2n1.CC(C)(C)c1ccc2nc[nH]c2c1.CC(C)(C)c1ccc2nsnc2c1.CC(C)(C)c1ccc2sccc2c1.CC(C)(C)c1ccnc2ccccc12.CC(C)(C)c1cnc2ccccc2n1.Cc1cc2ncc(C(C)(C)C)c(C)n2n1. The zero-order valence-corrected chi connectivity index (χ0v) is 62.8. The van der Waals surface area contributed by atoms with E-state index in [1.54, 1.807) is 17.7 Å². The first-order valence-electron chi connectivity index (χ1n) is 33.2. The first-order chi connectivity index (χ1) is 44.8. The van der Waals surface area contributed by atoms with Crippen LogP contribution < -0.4 is 0 Å². The van der Waals surface area contributed by atoms with E-state index in [1.165, 1.54) is 66.1 Å². The summed E-state index contributed by atoms with van der Waals surface area (Å²) in [5.41, 5.74) is 21.4. The van der Waals surface area contributed by atoms with Gasteiger partial charge in [0.2, 0.25) is 0 Å². The lowest BCUT2D eigenvalue weighted by atomic mass is 9.85. The highest BCUT2D eigenvalue weighted by molar-refractivity contribution is 7.17. The number of aryl methyl sites for hydroxylation is 2. The van der Waals surface area contributed by atoms with Gasteiger partial charge in [0.25, 0.3) is 0 Å². The van der Waals surface area contributed by atoms with Crippen LogP contribution in [0.3, 0.4) is 0 Å². The van der Waals surface area contributed by atoms with Crippen molar-refractivity contribution in [2.24, 2.45) is 0 Å². The molecule has 8 aromatic heterocycles. The summed E-state index contributed by atoms with van der Waals surface area (Å²) < 4.78 is 11.7. The molecule has 1 N–H and O–H groups in total. The van der Waals surface area contributed by atoms with Crippen LogP contribution in [-0.2, 0) is 37.9 Å². The summed E-state index contributed by atoms with van der Waals surface area (Å²) in [6.07, 6.45) is 7.45. The Kier molecular flexibility index (Phi) is 22.7. The molecular formula is C83H101N11S2. The van der Waals surface area contributed by atoms with Crippen LogP contribution in [0.2, 0.25) is 0 Å². The Labute approximate surface area is 579 Å². The standard InChI is InChI=1S/2C13H15N.C12H17N3.C12H14N2.C12H14S.C11H14N2.C10H12N2S/c1-13(2,3)11-8-9-14-12-7-5-4-6-10(11)12;1-13(2,3)12-9-8-10-6-4-5-7-11(10)14-12;1-8-6-11-13-7-10(12(3,4)5)9(2)15(11)14-8;1-12(2,3)11-8-13-9-6-4-5-7-10(9)14-11;1-12(2,3)10-4-5-11-9(8-10)6-7-13-11;1-11(2,3)8-4-5-9-10(6-8)13-7-12-9;1-10(2,3)7-4-5-8-9(6-7)12-13-11-8/h2*4-9H,1-3H3;6-7H,1-5H3;4-8H,1-3H3;4-8H,1-3H3;4-7H,1-3H3,(H,12,13);4-6H,1-3H3. The van der Waals surface area contributed by atoms with Gasteiger partial charge in [0.05, 0.1) is 62.5 Å². The van der Waals surface area contributed by atoms with E-state index in [-0.39, 0.29) is 37.9 Å². The zero-order valence-electron chi connectivity index (χ0n) is 61.2. The quantitative estimate of drug-likeness (QED) is 0.157. The Morgan fingerprint density at radius 1 is 0.385 bits per heavy atom. The minimum absolute atomic E-state index is 0.0665. The zero-order chi connectivity index (χ0) is 70.2. The lowest BCUT2D eigenvalue weighted by Crippen LogP contribution is -2.16. The first-order valence-corrected chi connectivity index (χ1v) is 34.8. The Hall–Kier alpha value is -8.65. The van der Waals surface area contributed by atoms with Crippen LogP contribution in [0.15, 0.2) is 188 Å². The summed E-state index contributed by atoms with van der Waals surface area (Å²) in [5, 5.41) is 10.4. The third-order valence-corrected chi connectivity index (χ3v) is 17.9. The number of benzene rings is 6. The van der Waals surface area contributed by atoms with Gasteiger partial charge in [-0.05, 0) is 158 Å². The molecule has 0 amide bonds. The van der Waals surface area contributed by atoms with Crippen molar-refractivity contribution in [3.05, 3.63) is 239 Å². The number of nitrogens with one attached hydrogen (secondary N) is 1. The number of imidazole rings is 1. The molecule has 0 saturated heterocycles. The number of para-hydroxylation sites is 4. The van der Waals surface area contributed by atoms with Gasteiger partial charge in [-0.15, -0.1) is 11.3 Å². The molecule has 0 aliphatic rings. The van der Waals surface area contributed by atoms with Gasteiger partial charge in [-0.2, -0.15) is 13.8 Å². The number of pyridine rings is 2. The molecule has 14 rings (SSSR count). The summed E-state index contributed by atoms with van der Waals surface area (Å²) >= 11 is 3.08. The minimum Gasteiger partial charge on any atom is -0.345 e. The molecule has 0 spiro atoms. The fourth-order valence-electron chi connectivity index (χ4n) is 10.5. The average molecular weight is 1320 g/mol. The second kappa shape index (κ2) is 29.8. The minimum atomic E-state index is 0.0665. The number of H-pyrrole nitrogens is 1. The van der Waals surface area contributed by atoms with Gasteiger partial charge in [0.1, 0.15) is 11.0 Å². The molecule has 96 heavy (non-hydrogen) atoms. The number of aromatic nitrogens is 11. The molecule has 0 unspecified atom stereocenters. The molecule has 11 nitrogen and oxygen atoms in total. The van der Waals surface area contributed by atoms with Crippen molar-refractivity contribution in [2.75, 3.05) is 0 Å². The van der Waals surface area contributed by atoms with Gasteiger partial charge >= 0.3 is 0 Å². The van der Waals surface area contributed by atoms with Crippen LogP contribution in [-0.4, -0.2) is 53.2 Å². The van der Waals surface area contributed by atoms with Crippen molar-refractivity contribution in [1.29, 1.82) is 0 Å². The molecule has 0 aliphatic heterocycles. The fourth-order valence-corrected chi connectivity index (χ4v) is 11.8. The molecule has 0 radical (unpaired) electrons. The van der Waals surface area contributed by atoms with Crippen LogP contribution >= 0.6 is 23.1 Å². The number of thiophene rings is 1. The molecule has 0 saturated carbocycles. The molecule has 0 atom stereocenters. The number of aromatic amines is 1. The van der Waals surface area contributed by atoms with Crippen LogP contribution in [0.4, 0.5) is 0 Å². The van der Waals surface area contributed by atoms with Crippen molar-refractivity contribution in [2.45, 2.75) is 197 Å². The number of hydrogen-bond acceptors (Lipinski definition) is 11. The fraction of sp³-hybridized carbons (Fsp3) is 0.361. The molecule has 0 bridgehead atoms. The van der Waals surface area contributed by atoms with E-state index in [1.807, 2.05) is 84.6 Å². The largest absolute Gasteiger partial charge is 0.345 e. The number of fused-ring (bicyclic) bond motifs is 7. The van der Waals surface area contributed by atoms with E-state index in [4.69, 9.17) is 0 Å². The first kappa shape index (κ1) is 73.2. The second-order valence-electron chi connectivity index (χ2n) is 31.8. The van der Waals surface area contributed by atoms with E-state index in [0.29, 0.717) is 0 Å². The lowest BCUT2D eigenvalue weighted by Gasteiger charge is -2.21. The van der Waals surface area contributed by atoms with E-state index in [9.17, 15) is 0 Å². The van der Waals surface area contributed by atoms with Gasteiger partial charge in [0.15, 0.2) is 5.65 Å². The van der Waals surface area contributed by atoms with Crippen LogP contribution in [0.1, 0.15) is 196 Å². The van der Waals surface area contributed by atoms with E-state index >= 15 is 0 Å². The molecule has 0 aliphatic carbocycles. The summed E-state index contributed by atoms with van der Waals surface area (Å²) in [4.78, 5) is 29.7. The molecule has 500 valence electrons.